The van der Waals surface area contributed by atoms with Crippen molar-refractivity contribution in [2.45, 2.75) is 24.7 Å². The van der Waals surface area contributed by atoms with Gasteiger partial charge in [0.15, 0.2) is 0 Å². The molecule has 0 radical (unpaired) electrons. The van der Waals surface area contributed by atoms with Crippen molar-refractivity contribution in [2.24, 2.45) is 5.41 Å². The maximum atomic E-state index is 12.8. The Morgan fingerprint density at radius 3 is 2.52 bits per heavy atom. The van der Waals surface area contributed by atoms with Gasteiger partial charge in [0.1, 0.15) is 10.6 Å². The molecule has 1 saturated heterocycles. The van der Waals surface area contributed by atoms with Crippen molar-refractivity contribution in [1.82, 2.24) is 9.21 Å². The lowest BCUT2D eigenvalue weighted by atomic mass is 9.79. The van der Waals surface area contributed by atoms with Crippen molar-refractivity contribution in [3.8, 4) is 5.75 Å². The van der Waals surface area contributed by atoms with Crippen LogP contribution in [0.2, 0.25) is 0 Å². The van der Waals surface area contributed by atoms with Gasteiger partial charge in [0, 0.05) is 39.0 Å². The van der Waals surface area contributed by atoms with Crippen LogP contribution in [0.5, 0.6) is 5.75 Å². The number of piperidine rings is 1. The standard InChI is InChI=1S/C16H22N2O4S/c1-13(19)18-9-7-16(8-10-18)11-17(2)23(20,21)15-6-4-3-5-14(15)22-12-16/h3-6H,7-12H2,1-2H3. The molecule has 6 nitrogen and oxygen atoms in total. The van der Waals surface area contributed by atoms with Crippen LogP contribution in [0.1, 0.15) is 19.8 Å². The third-order valence-electron chi connectivity index (χ3n) is 4.90. The van der Waals surface area contributed by atoms with Crippen molar-refractivity contribution >= 4 is 15.9 Å². The van der Waals surface area contributed by atoms with Gasteiger partial charge in [0.2, 0.25) is 15.9 Å². The molecule has 126 valence electrons. The molecule has 1 amide bonds. The Kier molecular flexibility index (Phi) is 4.10. The van der Waals surface area contributed by atoms with Crippen LogP contribution in [-0.2, 0) is 14.8 Å². The summed E-state index contributed by atoms with van der Waals surface area (Å²) >= 11 is 0. The molecule has 7 heteroatoms. The lowest BCUT2D eigenvalue weighted by Crippen LogP contribution is -2.51. The van der Waals surface area contributed by atoms with E-state index in [1.807, 2.05) is 4.90 Å². The largest absolute Gasteiger partial charge is 0.492 e. The maximum Gasteiger partial charge on any atom is 0.246 e. The highest BCUT2D eigenvalue weighted by Crippen LogP contribution is 2.38. The monoisotopic (exact) mass is 338 g/mol. The Morgan fingerprint density at radius 2 is 1.87 bits per heavy atom. The third kappa shape index (κ3) is 2.95. The predicted molar refractivity (Wildman–Crippen MR) is 85.7 cm³/mol. The van der Waals surface area contributed by atoms with Crippen molar-refractivity contribution in [3.63, 3.8) is 0 Å². The fourth-order valence-electron chi connectivity index (χ4n) is 3.38. The summed E-state index contributed by atoms with van der Waals surface area (Å²) in [4.78, 5) is 13.5. The number of amides is 1. The lowest BCUT2D eigenvalue weighted by molar-refractivity contribution is -0.131. The van der Waals surface area contributed by atoms with E-state index in [-0.39, 0.29) is 16.2 Å². The number of sulfonamides is 1. The zero-order valence-electron chi connectivity index (χ0n) is 13.5. The molecule has 0 saturated carbocycles. The van der Waals surface area contributed by atoms with E-state index in [9.17, 15) is 13.2 Å². The minimum atomic E-state index is -3.56. The summed E-state index contributed by atoms with van der Waals surface area (Å²) in [6.45, 7) is 3.74. The number of carbonyl (C=O) groups excluding carboxylic acids is 1. The molecule has 0 atom stereocenters. The van der Waals surface area contributed by atoms with E-state index in [2.05, 4.69) is 0 Å². The van der Waals surface area contributed by atoms with Crippen LogP contribution in [0.25, 0.3) is 0 Å². The first-order valence-electron chi connectivity index (χ1n) is 7.78. The number of benzene rings is 1. The Morgan fingerprint density at radius 1 is 1.22 bits per heavy atom. The number of ether oxygens (including phenoxy) is 1. The Bertz CT molecular complexity index is 709. The van der Waals surface area contributed by atoms with Gasteiger partial charge in [0.25, 0.3) is 0 Å². The summed E-state index contributed by atoms with van der Waals surface area (Å²) in [5.41, 5.74) is -0.249. The van der Waals surface area contributed by atoms with E-state index in [0.29, 0.717) is 32.0 Å². The number of hydrogen-bond acceptors (Lipinski definition) is 4. The summed E-state index contributed by atoms with van der Waals surface area (Å²) in [7, 11) is -1.94. The Hall–Kier alpha value is -1.60. The van der Waals surface area contributed by atoms with E-state index < -0.39 is 10.0 Å². The second-order valence-corrected chi connectivity index (χ2v) is 8.52. The van der Waals surface area contributed by atoms with E-state index in [0.717, 1.165) is 12.8 Å². The van der Waals surface area contributed by atoms with Crippen LogP contribution < -0.4 is 4.74 Å². The molecule has 1 aromatic rings. The number of para-hydroxylation sites is 1. The van der Waals surface area contributed by atoms with Crippen molar-refractivity contribution in [2.75, 3.05) is 33.3 Å². The maximum absolute atomic E-state index is 12.8. The van der Waals surface area contributed by atoms with Crippen LogP contribution >= 0.6 is 0 Å². The van der Waals surface area contributed by atoms with Crippen LogP contribution in [0.3, 0.4) is 0 Å². The number of likely N-dealkylation sites (tertiary alicyclic amines) is 1. The van der Waals surface area contributed by atoms with Gasteiger partial charge in [-0.2, -0.15) is 0 Å². The van der Waals surface area contributed by atoms with Gasteiger partial charge in [-0.3, -0.25) is 4.79 Å². The van der Waals surface area contributed by atoms with Gasteiger partial charge in [-0.15, -0.1) is 0 Å². The highest BCUT2D eigenvalue weighted by atomic mass is 32.2. The number of fused-ring (bicyclic) bond motifs is 1. The van der Waals surface area contributed by atoms with Crippen LogP contribution in [-0.4, -0.2) is 56.8 Å². The third-order valence-corrected chi connectivity index (χ3v) is 6.74. The van der Waals surface area contributed by atoms with Crippen LogP contribution in [0.15, 0.2) is 29.2 Å². The molecule has 2 aliphatic heterocycles. The summed E-state index contributed by atoms with van der Waals surface area (Å²) in [5, 5.41) is 0. The molecule has 2 heterocycles. The zero-order valence-corrected chi connectivity index (χ0v) is 14.3. The molecule has 3 rings (SSSR count). The predicted octanol–water partition coefficient (Wildman–Crippen LogP) is 1.33. The van der Waals surface area contributed by atoms with Gasteiger partial charge in [-0.05, 0) is 25.0 Å². The topological polar surface area (TPSA) is 66.9 Å². The SMILES string of the molecule is CC(=O)N1CCC2(CC1)COc1ccccc1S(=O)(=O)N(C)C2. The lowest BCUT2D eigenvalue weighted by Gasteiger charge is -2.44. The highest BCUT2D eigenvalue weighted by Gasteiger charge is 2.41. The van der Waals surface area contributed by atoms with Crippen molar-refractivity contribution < 1.29 is 17.9 Å². The minimum Gasteiger partial charge on any atom is -0.492 e. The number of nitrogens with zero attached hydrogens (tertiary/aromatic N) is 2. The molecule has 2 aliphatic rings. The molecule has 0 N–H and O–H groups in total. The first kappa shape index (κ1) is 16.3. The smallest absolute Gasteiger partial charge is 0.246 e. The summed E-state index contributed by atoms with van der Waals surface area (Å²) in [5.74, 6) is 0.477. The molecular formula is C16H22N2O4S. The average Bonchev–Trinajstić information content (AvgIpc) is 2.53. The van der Waals surface area contributed by atoms with Gasteiger partial charge >= 0.3 is 0 Å². The summed E-state index contributed by atoms with van der Waals surface area (Å²) in [6.07, 6.45) is 1.49. The fraction of sp³-hybridized carbons (Fsp3) is 0.562. The van der Waals surface area contributed by atoms with Gasteiger partial charge in [-0.1, -0.05) is 12.1 Å². The molecule has 0 bridgehead atoms. The molecule has 0 aliphatic carbocycles. The van der Waals surface area contributed by atoms with E-state index in [4.69, 9.17) is 4.74 Å². The average molecular weight is 338 g/mol. The van der Waals surface area contributed by atoms with Gasteiger partial charge in [-0.25, -0.2) is 12.7 Å². The number of hydrogen-bond donors (Lipinski definition) is 0. The second-order valence-electron chi connectivity index (χ2n) is 6.50. The summed E-state index contributed by atoms with van der Waals surface area (Å²) in [6, 6.07) is 6.76. The molecule has 23 heavy (non-hydrogen) atoms. The van der Waals surface area contributed by atoms with Gasteiger partial charge < -0.3 is 9.64 Å². The molecule has 0 aromatic heterocycles. The Labute approximate surface area is 137 Å². The second kappa shape index (κ2) is 5.79. The van der Waals surface area contributed by atoms with Crippen LogP contribution in [0.4, 0.5) is 0 Å². The normalized spacial score (nSPS) is 23.5. The molecule has 0 unspecified atom stereocenters. The fourth-order valence-corrected chi connectivity index (χ4v) is 4.79. The van der Waals surface area contributed by atoms with Crippen molar-refractivity contribution in [1.29, 1.82) is 0 Å². The molecule has 1 aromatic carbocycles. The number of carbonyl (C=O) groups is 1. The quantitative estimate of drug-likeness (QED) is 0.716. The first-order valence-corrected chi connectivity index (χ1v) is 9.22. The minimum absolute atomic E-state index is 0.0675. The molecule has 1 fully saturated rings. The molecule has 1 spiro atoms. The van der Waals surface area contributed by atoms with Gasteiger partial charge in [0.05, 0.1) is 6.61 Å². The highest BCUT2D eigenvalue weighted by molar-refractivity contribution is 7.89. The summed E-state index contributed by atoms with van der Waals surface area (Å²) < 4.78 is 32.8. The van der Waals surface area contributed by atoms with Crippen LogP contribution in [0, 0.1) is 5.41 Å². The van der Waals surface area contributed by atoms with E-state index in [1.54, 1.807) is 38.2 Å². The first-order chi connectivity index (χ1) is 10.8. The van der Waals surface area contributed by atoms with E-state index in [1.165, 1.54) is 4.31 Å². The molecular weight excluding hydrogens is 316 g/mol. The van der Waals surface area contributed by atoms with E-state index >= 15 is 0 Å². The zero-order chi connectivity index (χ0) is 16.7. The Balaban J connectivity index is 1.90. The number of rotatable bonds is 0. The van der Waals surface area contributed by atoms with Crippen molar-refractivity contribution in [3.05, 3.63) is 24.3 Å².